The molecule has 0 saturated heterocycles. The molecule has 10 heavy (non-hydrogen) atoms. The Balaban J connectivity index is 3.50. The van der Waals surface area contributed by atoms with E-state index in [9.17, 15) is 0 Å². The SMILES string of the molecule is CCCSC(CC)C(=N)N. The molecule has 0 aliphatic heterocycles. The first-order valence-corrected chi connectivity index (χ1v) is 4.72. The smallest absolute Gasteiger partial charge is 0.104 e. The van der Waals surface area contributed by atoms with Gasteiger partial charge in [0.1, 0.15) is 5.84 Å². The summed E-state index contributed by atoms with van der Waals surface area (Å²) >= 11 is 1.78. The van der Waals surface area contributed by atoms with Gasteiger partial charge >= 0.3 is 0 Å². The Morgan fingerprint density at radius 1 is 1.60 bits per heavy atom. The van der Waals surface area contributed by atoms with Crippen molar-refractivity contribution < 1.29 is 0 Å². The van der Waals surface area contributed by atoms with Crippen LogP contribution in [-0.4, -0.2) is 16.8 Å². The minimum atomic E-state index is 0.250. The fraction of sp³-hybridized carbons (Fsp3) is 0.857. The van der Waals surface area contributed by atoms with E-state index in [1.165, 1.54) is 0 Å². The zero-order valence-corrected chi connectivity index (χ0v) is 7.50. The van der Waals surface area contributed by atoms with E-state index in [1.54, 1.807) is 11.8 Å². The summed E-state index contributed by atoms with van der Waals surface area (Å²) in [4.78, 5) is 0. The van der Waals surface area contributed by atoms with Gasteiger partial charge in [0.05, 0.1) is 5.25 Å². The van der Waals surface area contributed by atoms with E-state index in [0.717, 1.165) is 18.6 Å². The molecule has 0 spiro atoms. The maximum absolute atomic E-state index is 7.19. The molecule has 0 bridgehead atoms. The first kappa shape index (κ1) is 9.82. The third-order valence-electron chi connectivity index (χ3n) is 1.24. The Morgan fingerprint density at radius 3 is 2.50 bits per heavy atom. The lowest BCUT2D eigenvalue weighted by molar-refractivity contribution is 0.984. The van der Waals surface area contributed by atoms with Crippen LogP contribution in [0.2, 0.25) is 0 Å². The molecule has 0 aliphatic carbocycles. The zero-order valence-electron chi connectivity index (χ0n) is 6.68. The Kier molecular flexibility index (Phi) is 5.49. The number of thioether (sulfide) groups is 1. The Bertz CT molecular complexity index is 104. The molecule has 3 N–H and O–H groups in total. The second-order valence-corrected chi connectivity index (χ2v) is 3.53. The fourth-order valence-electron chi connectivity index (χ4n) is 0.688. The van der Waals surface area contributed by atoms with Crippen LogP contribution in [0.25, 0.3) is 0 Å². The minimum Gasteiger partial charge on any atom is -0.387 e. The van der Waals surface area contributed by atoms with Gasteiger partial charge in [-0.05, 0) is 18.6 Å². The average Bonchev–Trinajstić information content (AvgIpc) is 1.89. The number of nitrogens with one attached hydrogen (secondary N) is 1. The van der Waals surface area contributed by atoms with Gasteiger partial charge < -0.3 is 5.73 Å². The molecule has 1 unspecified atom stereocenters. The third kappa shape index (κ3) is 3.77. The molecule has 0 rings (SSSR count). The van der Waals surface area contributed by atoms with Gasteiger partial charge in [-0.25, -0.2) is 0 Å². The molecule has 1 atom stereocenters. The molecule has 0 radical (unpaired) electrons. The number of hydrogen-bond acceptors (Lipinski definition) is 2. The molecule has 3 heteroatoms. The van der Waals surface area contributed by atoms with E-state index >= 15 is 0 Å². The van der Waals surface area contributed by atoms with Crippen LogP contribution in [0, 0.1) is 5.41 Å². The Labute approximate surface area is 67.1 Å². The van der Waals surface area contributed by atoms with E-state index in [2.05, 4.69) is 13.8 Å². The number of hydrogen-bond donors (Lipinski definition) is 2. The van der Waals surface area contributed by atoms with Gasteiger partial charge in [-0.3, -0.25) is 5.41 Å². The molecule has 0 fully saturated rings. The largest absolute Gasteiger partial charge is 0.387 e. The normalized spacial score (nSPS) is 13.0. The van der Waals surface area contributed by atoms with E-state index in [0.29, 0.717) is 5.84 Å². The summed E-state index contributed by atoms with van der Waals surface area (Å²) in [6.07, 6.45) is 2.13. The van der Waals surface area contributed by atoms with Gasteiger partial charge in [0.25, 0.3) is 0 Å². The summed E-state index contributed by atoms with van der Waals surface area (Å²) in [6.45, 7) is 4.20. The van der Waals surface area contributed by atoms with Crippen molar-refractivity contribution in [2.75, 3.05) is 5.75 Å². The van der Waals surface area contributed by atoms with Crippen LogP contribution in [0.15, 0.2) is 0 Å². The van der Waals surface area contributed by atoms with Crippen molar-refractivity contribution >= 4 is 17.6 Å². The number of amidine groups is 1. The number of rotatable bonds is 5. The summed E-state index contributed by atoms with van der Waals surface area (Å²) in [7, 11) is 0. The highest BCUT2D eigenvalue weighted by Gasteiger charge is 2.07. The highest BCUT2D eigenvalue weighted by Crippen LogP contribution is 2.14. The summed E-state index contributed by atoms with van der Waals surface area (Å²) < 4.78 is 0. The van der Waals surface area contributed by atoms with E-state index in [4.69, 9.17) is 11.1 Å². The lowest BCUT2D eigenvalue weighted by atomic mass is 10.3. The van der Waals surface area contributed by atoms with Gasteiger partial charge in [0.2, 0.25) is 0 Å². The summed E-state index contributed by atoms with van der Waals surface area (Å²) in [5, 5.41) is 7.44. The summed E-state index contributed by atoms with van der Waals surface area (Å²) in [5.41, 5.74) is 5.35. The average molecular weight is 160 g/mol. The zero-order chi connectivity index (χ0) is 7.98. The van der Waals surface area contributed by atoms with Crippen molar-refractivity contribution in [3.63, 3.8) is 0 Å². The predicted molar refractivity (Wildman–Crippen MR) is 48.7 cm³/mol. The van der Waals surface area contributed by atoms with Crippen LogP contribution in [0.1, 0.15) is 26.7 Å². The highest BCUT2D eigenvalue weighted by atomic mass is 32.2. The topological polar surface area (TPSA) is 49.9 Å². The van der Waals surface area contributed by atoms with Crippen molar-refractivity contribution in [3.8, 4) is 0 Å². The van der Waals surface area contributed by atoms with Crippen LogP contribution in [0.3, 0.4) is 0 Å². The summed E-state index contributed by atoms with van der Waals surface area (Å²) in [5.74, 6) is 1.43. The second-order valence-electron chi connectivity index (χ2n) is 2.22. The Morgan fingerprint density at radius 2 is 2.20 bits per heavy atom. The van der Waals surface area contributed by atoms with Crippen molar-refractivity contribution in [3.05, 3.63) is 0 Å². The van der Waals surface area contributed by atoms with Gasteiger partial charge in [-0.1, -0.05) is 13.8 Å². The monoisotopic (exact) mass is 160 g/mol. The van der Waals surface area contributed by atoms with Gasteiger partial charge in [0, 0.05) is 0 Å². The molecule has 0 amide bonds. The van der Waals surface area contributed by atoms with Crippen LogP contribution < -0.4 is 5.73 Å². The fourth-order valence-corrected chi connectivity index (χ4v) is 1.62. The van der Waals surface area contributed by atoms with Gasteiger partial charge in [-0.2, -0.15) is 11.8 Å². The minimum absolute atomic E-state index is 0.250. The highest BCUT2D eigenvalue weighted by molar-refractivity contribution is 8.00. The summed E-state index contributed by atoms with van der Waals surface area (Å²) in [6, 6.07) is 0. The lowest BCUT2D eigenvalue weighted by Crippen LogP contribution is -2.24. The maximum Gasteiger partial charge on any atom is 0.104 e. The second kappa shape index (κ2) is 5.59. The molecule has 0 aromatic rings. The quantitative estimate of drug-likeness (QED) is 0.476. The van der Waals surface area contributed by atoms with E-state index in [-0.39, 0.29) is 5.25 Å². The molecule has 0 heterocycles. The van der Waals surface area contributed by atoms with Crippen molar-refractivity contribution in [1.29, 1.82) is 5.41 Å². The van der Waals surface area contributed by atoms with Crippen LogP contribution >= 0.6 is 11.8 Å². The number of nitrogens with two attached hydrogens (primary N) is 1. The lowest BCUT2D eigenvalue weighted by Gasteiger charge is -2.10. The molecular weight excluding hydrogens is 144 g/mol. The van der Waals surface area contributed by atoms with E-state index in [1.807, 2.05) is 0 Å². The molecule has 0 aromatic carbocycles. The predicted octanol–water partition coefficient (Wildman–Crippen LogP) is 1.84. The van der Waals surface area contributed by atoms with Crippen LogP contribution in [0.4, 0.5) is 0 Å². The molecule has 0 aliphatic rings. The van der Waals surface area contributed by atoms with Crippen LogP contribution in [-0.2, 0) is 0 Å². The van der Waals surface area contributed by atoms with E-state index < -0.39 is 0 Å². The standard InChI is InChI=1S/C7H16N2S/c1-3-5-10-6(4-2)7(8)9/h6H,3-5H2,1-2H3,(H3,8,9). The molecule has 2 nitrogen and oxygen atoms in total. The third-order valence-corrected chi connectivity index (χ3v) is 2.87. The molecule has 0 aromatic heterocycles. The van der Waals surface area contributed by atoms with Gasteiger partial charge in [0.15, 0.2) is 0 Å². The molecular formula is C7H16N2S. The van der Waals surface area contributed by atoms with Crippen molar-refractivity contribution in [2.45, 2.75) is 31.9 Å². The molecule has 60 valence electrons. The van der Waals surface area contributed by atoms with Crippen molar-refractivity contribution in [2.24, 2.45) is 5.73 Å². The van der Waals surface area contributed by atoms with Crippen molar-refractivity contribution in [1.82, 2.24) is 0 Å². The van der Waals surface area contributed by atoms with Crippen LogP contribution in [0.5, 0.6) is 0 Å². The first-order valence-electron chi connectivity index (χ1n) is 3.67. The Hall–Kier alpha value is -0.180. The maximum atomic E-state index is 7.19. The van der Waals surface area contributed by atoms with Gasteiger partial charge in [-0.15, -0.1) is 0 Å². The first-order chi connectivity index (χ1) is 4.72. The molecule has 0 saturated carbocycles.